The Morgan fingerprint density at radius 1 is 1.46 bits per heavy atom. The Morgan fingerprint density at radius 2 is 2.23 bits per heavy atom. The molecule has 0 amide bonds. The summed E-state index contributed by atoms with van der Waals surface area (Å²) >= 11 is 3.48. The molecule has 0 saturated carbocycles. The molecular weight excluding hydrogens is 232 g/mol. The number of ether oxygens (including phenoxy) is 1. The molecule has 0 fully saturated rings. The van der Waals surface area contributed by atoms with Gasteiger partial charge in [-0.1, -0.05) is 0 Å². The first kappa shape index (κ1) is 8.63. The molecule has 0 radical (unpaired) electrons. The van der Waals surface area contributed by atoms with Gasteiger partial charge in [-0.15, -0.1) is 0 Å². The van der Waals surface area contributed by atoms with E-state index in [9.17, 15) is 0 Å². The van der Waals surface area contributed by atoms with E-state index in [4.69, 9.17) is 9.15 Å². The number of halogens is 1. The summed E-state index contributed by atoms with van der Waals surface area (Å²) in [6, 6.07) is 3.83. The van der Waals surface area contributed by atoms with Gasteiger partial charge in [-0.3, -0.25) is 0 Å². The average Bonchev–Trinajstić information content (AvgIpc) is 2.59. The highest BCUT2D eigenvalue weighted by atomic mass is 79.9. The van der Waals surface area contributed by atoms with Gasteiger partial charge < -0.3 is 9.15 Å². The Morgan fingerprint density at radius 3 is 2.92 bits per heavy atom. The quantitative estimate of drug-likeness (QED) is 0.762. The van der Waals surface area contributed by atoms with E-state index in [1.165, 1.54) is 0 Å². The van der Waals surface area contributed by atoms with Crippen molar-refractivity contribution in [2.75, 3.05) is 7.11 Å². The van der Waals surface area contributed by atoms with Crippen LogP contribution in [-0.2, 0) is 0 Å². The van der Waals surface area contributed by atoms with Crippen molar-refractivity contribution in [1.29, 1.82) is 0 Å². The number of methoxy groups -OCH3 is 1. The van der Waals surface area contributed by atoms with Crippen LogP contribution in [0.3, 0.4) is 0 Å². The zero-order valence-electron chi connectivity index (χ0n) is 7.43. The zero-order valence-corrected chi connectivity index (χ0v) is 9.01. The molecular formula is C10H9BrO2. The van der Waals surface area contributed by atoms with Gasteiger partial charge >= 0.3 is 0 Å². The average molecular weight is 241 g/mol. The number of furan rings is 1. The van der Waals surface area contributed by atoms with E-state index >= 15 is 0 Å². The molecule has 3 heteroatoms. The van der Waals surface area contributed by atoms with Crippen LogP contribution in [-0.4, -0.2) is 7.11 Å². The van der Waals surface area contributed by atoms with E-state index < -0.39 is 0 Å². The van der Waals surface area contributed by atoms with Crippen molar-refractivity contribution in [2.24, 2.45) is 0 Å². The normalized spacial score (nSPS) is 10.7. The third-order valence-electron chi connectivity index (χ3n) is 2.13. The van der Waals surface area contributed by atoms with Crippen molar-refractivity contribution in [1.82, 2.24) is 0 Å². The molecule has 0 bridgehead atoms. The molecule has 68 valence electrons. The van der Waals surface area contributed by atoms with Gasteiger partial charge in [-0.05, 0) is 34.5 Å². The number of rotatable bonds is 1. The first-order valence-electron chi connectivity index (χ1n) is 3.94. The van der Waals surface area contributed by atoms with E-state index in [-0.39, 0.29) is 0 Å². The lowest BCUT2D eigenvalue weighted by Crippen LogP contribution is -1.86. The molecule has 0 aliphatic heterocycles. The number of hydrogen-bond donors (Lipinski definition) is 0. The first-order chi connectivity index (χ1) is 6.24. The minimum Gasteiger partial charge on any atom is -0.495 e. The third-order valence-corrected chi connectivity index (χ3v) is 3.11. The van der Waals surface area contributed by atoms with Gasteiger partial charge in [0.2, 0.25) is 0 Å². The van der Waals surface area contributed by atoms with Crippen molar-refractivity contribution in [3.05, 3.63) is 28.4 Å². The number of benzene rings is 1. The molecule has 13 heavy (non-hydrogen) atoms. The maximum Gasteiger partial charge on any atom is 0.137 e. The maximum atomic E-state index is 5.30. The van der Waals surface area contributed by atoms with Gasteiger partial charge in [0.25, 0.3) is 0 Å². The fourth-order valence-corrected chi connectivity index (χ4v) is 1.87. The second-order valence-corrected chi connectivity index (χ2v) is 3.64. The monoisotopic (exact) mass is 240 g/mol. The van der Waals surface area contributed by atoms with Crippen molar-refractivity contribution in [3.63, 3.8) is 0 Å². The second-order valence-electron chi connectivity index (χ2n) is 2.85. The van der Waals surface area contributed by atoms with E-state index in [1.807, 2.05) is 19.1 Å². The predicted octanol–water partition coefficient (Wildman–Crippen LogP) is 3.51. The van der Waals surface area contributed by atoms with Crippen LogP contribution >= 0.6 is 15.9 Å². The summed E-state index contributed by atoms with van der Waals surface area (Å²) in [5, 5.41) is 1.12. The fraction of sp³-hybridized carbons (Fsp3) is 0.200. The van der Waals surface area contributed by atoms with Crippen LogP contribution in [0.2, 0.25) is 0 Å². The van der Waals surface area contributed by atoms with Gasteiger partial charge in [-0.25, -0.2) is 0 Å². The number of fused-ring (bicyclic) bond motifs is 1. The lowest BCUT2D eigenvalue weighted by Gasteiger charge is -2.05. The predicted molar refractivity (Wildman–Crippen MR) is 55.2 cm³/mol. The molecule has 1 aromatic carbocycles. The molecule has 1 aromatic heterocycles. The van der Waals surface area contributed by atoms with E-state index in [0.29, 0.717) is 0 Å². The van der Waals surface area contributed by atoms with Gasteiger partial charge in [0.05, 0.1) is 17.8 Å². The van der Waals surface area contributed by atoms with Gasteiger partial charge in [0, 0.05) is 11.5 Å². The SMILES string of the molecule is COc1cc2occc2c(C)c1Br. The van der Waals surface area contributed by atoms with Crippen LogP contribution in [0.15, 0.2) is 27.3 Å². The number of hydrogen-bond acceptors (Lipinski definition) is 2. The Bertz CT molecular complexity index is 445. The molecule has 0 unspecified atom stereocenters. The van der Waals surface area contributed by atoms with E-state index in [2.05, 4.69) is 15.9 Å². The Labute approximate surface area is 84.6 Å². The molecule has 0 saturated heterocycles. The zero-order chi connectivity index (χ0) is 9.42. The molecule has 2 nitrogen and oxygen atoms in total. The molecule has 0 atom stereocenters. The molecule has 0 N–H and O–H groups in total. The summed E-state index contributed by atoms with van der Waals surface area (Å²) in [6.45, 7) is 2.03. The Hall–Kier alpha value is -0.960. The van der Waals surface area contributed by atoms with Crippen molar-refractivity contribution in [2.45, 2.75) is 6.92 Å². The summed E-state index contributed by atoms with van der Waals surface area (Å²) in [6.07, 6.45) is 1.68. The first-order valence-corrected chi connectivity index (χ1v) is 4.73. The van der Waals surface area contributed by atoms with Crippen molar-refractivity contribution in [3.8, 4) is 5.75 Å². The summed E-state index contributed by atoms with van der Waals surface area (Å²) in [5.41, 5.74) is 2.00. The van der Waals surface area contributed by atoms with Crippen LogP contribution < -0.4 is 4.74 Å². The minimum atomic E-state index is 0.806. The van der Waals surface area contributed by atoms with Crippen LogP contribution in [0.5, 0.6) is 5.75 Å². The van der Waals surface area contributed by atoms with Gasteiger partial charge in [0.15, 0.2) is 0 Å². The molecule has 0 spiro atoms. The molecule has 2 aromatic rings. The van der Waals surface area contributed by atoms with E-state index in [1.54, 1.807) is 13.4 Å². The van der Waals surface area contributed by atoms with E-state index in [0.717, 1.165) is 26.8 Å². The summed E-state index contributed by atoms with van der Waals surface area (Å²) in [4.78, 5) is 0. The largest absolute Gasteiger partial charge is 0.495 e. The van der Waals surface area contributed by atoms with Crippen molar-refractivity contribution >= 4 is 26.9 Å². The Balaban J connectivity index is 2.83. The lowest BCUT2D eigenvalue weighted by molar-refractivity contribution is 0.411. The molecule has 2 rings (SSSR count). The third kappa shape index (κ3) is 1.23. The summed E-state index contributed by atoms with van der Waals surface area (Å²) < 4.78 is 11.5. The lowest BCUT2D eigenvalue weighted by atomic mass is 10.1. The van der Waals surface area contributed by atoms with Gasteiger partial charge in [-0.2, -0.15) is 0 Å². The molecule has 0 aliphatic rings. The van der Waals surface area contributed by atoms with Crippen LogP contribution in [0.1, 0.15) is 5.56 Å². The summed E-state index contributed by atoms with van der Waals surface area (Å²) in [5.74, 6) is 0.806. The Kier molecular flexibility index (Phi) is 2.04. The fourth-order valence-electron chi connectivity index (χ4n) is 1.38. The van der Waals surface area contributed by atoms with Crippen LogP contribution in [0, 0.1) is 6.92 Å². The van der Waals surface area contributed by atoms with Crippen molar-refractivity contribution < 1.29 is 9.15 Å². The highest BCUT2D eigenvalue weighted by molar-refractivity contribution is 9.10. The number of aryl methyl sites for hydroxylation is 1. The van der Waals surface area contributed by atoms with Crippen LogP contribution in [0.25, 0.3) is 11.0 Å². The standard InChI is InChI=1S/C10H9BrO2/c1-6-7-3-4-13-8(7)5-9(12-2)10(6)11/h3-5H,1-2H3. The van der Waals surface area contributed by atoms with Crippen LogP contribution in [0.4, 0.5) is 0 Å². The highest BCUT2D eigenvalue weighted by Gasteiger charge is 2.09. The van der Waals surface area contributed by atoms with Gasteiger partial charge in [0.1, 0.15) is 11.3 Å². The smallest absolute Gasteiger partial charge is 0.137 e. The maximum absolute atomic E-state index is 5.30. The summed E-state index contributed by atoms with van der Waals surface area (Å²) in [7, 11) is 1.65. The molecule has 0 aliphatic carbocycles. The highest BCUT2D eigenvalue weighted by Crippen LogP contribution is 2.34. The minimum absolute atomic E-state index is 0.806. The topological polar surface area (TPSA) is 22.4 Å². The molecule has 1 heterocycles. The second kappa shape index (κ2) is 3.07.